The quantitative estimate of drug-likeness (QED) is 0.817. The summed E-state index contributed by atoms with van der Waals surface area (Å²) in [5, 5.41) is 7.56. The van der Waals surface area contributed by atoms with E-state index in [0.717, 1.165) is 6.07 Å². The van der Waals surface area contributed by atoms with Gasteiger partial charge in [-0.15, -0.1) is 10.2 Å². The summed E-state index contributed by atoms with van der Waals surface area (Å²) in [7, 11) is 0. The number of hydrogen-bond acceptors (Lipinski definition) is 3. The van der Waals surface area contributed by atoms with Crippen LogP contribution in [0.1, 0.15) is 19.9 Å². The van der Waals surface area contributed by atoms with Gasteiger partial charge in [-0.25, -0.2) is 8.78 Å². The molecule has 1 aromatic carbocycles. The summed E-state index contributed by atoms with van der Waals surface area (Å²) < 4.78 is 28.4. The predicted octanol–water partition coefficient (Wildman–Crippen LogP) is 2.39. The number of nitrogens with zero attached hydrogens (tertiary/aromatic N) is 3. The van der Waals surface area contributed by atoms with Crippen LogP contribution < -0.4 is 5.73 Å². The summed E-state index contributed by atoms with van der Waals surface area (Å²) >= 11 is 0. The van der Waals surface area contributed by atoms with Crippen LogP contribution in [-0.4, -0.2) is 14.8 Å². The fraction of sp³-hybridized carbons (Fsp3) is 0.273. The second-order valence-electron chi connectivity index (χ2n) is 4.01. The second-order valence-corrected chi connectivity index (χ2v) is 4.01. The fourth-order valence-electron chi connectivity index (χ4n) is 1.55. The Morgan fingerprint density at radius 2 is 1.94 bits per heavy atom. The lowest BCUT2D eigenvalue weighted by atomic mass is 10.1. The molecule has 90 valence electrons. The summed E-state index contributed by atoms with van der Waals surface area (Å²) in [5.74, 6) is -1.14. The lowest BCUT2D eigenvalue weighted by Gasteiger charge is -2.11. The number of anilines is 1. The van der Waals surface area contributed by atoms with Gasteiger partial charge in [0.25, 0.3) is 0 Å². The molecule has 2 N–H and O–H groups in total. The molecule has 1 aromatic heterocycles. The number of halogens is 2. The van der Waals surface area contributed by atoms with Crippen LogP contribution in [0.2, 0.25) is 0 Å². The van der Waals surface area contributed by atoms with Crippen LogP contribution in [0.3, 0.4) is 0 Å². The van der Waals surface area contributed by atoms with Crippen molar-refractivity contribution in [2.75, 3.05) is 5.73 Å². The summed E-state index contributed by atoms with van der Waals surface area (Å²) in [5.41, 5.74) is 5.46. The monoisotopic (exact) mass is 238 g/mol. The van der Waals surface area contributed by atoms with Gasteiger partial charge in [-0.05, 0) is 19.9 Å². The molecule has 0 fully saturated rings. The van der Waals surface area contributed by atoms with Gasteiger partial charge in [0.1, 0.15) is 18.0 Å². The van der Waals surface area contributed by atoms with Crippen molar-refractivity contribution in [3.05, 3.63) is 30.1 Å². The molecule has 0 aliphatic rings. The molecule has 0 spiro atoms. The fourth-order valence-corrected chi connectivity index (χ4v) is 1.55. The predicted molar refractivity (Wildman–Crippen MR) is 60.2 cm³/mol. The van der Waals surface area contributed by atoms with Gasteiger partial charge >= 0.3 is 0 Å². The highest BCUT2D eigenvalue weighted by molar-refractivity contribution is 5.62. The molecule has 0 saturated carbocycles. The van der Waals surface area contributed by atoms with E-state index >= 15 is 0 Å². The van der Waals surface area contributed by atoms with Crippen LogP contribution in [0.15, 0.2) is 18.5 Å². The van der Waals surface area contributed by atoms with Crippen LogP contribution in [-0.2, 0) is 0 Å². The third-order valence-electron chi connectivity index (χ3n) is 2.46. The minimum absolute atomic E-state index is 0.0747. The van der Waals surface area contributed by atoms with E-state index in [1.807, 2.05) is 13.8 Å². The Hall–Kier alpha value is -1.98. The lowest BCUT2D eigenvalue weighted by Crippen LogP contribution is -2.04. The van der Waals surface area contributed by atoms with Crippen molar-refractivity contribution >= 4 is 5.69 Å². The minimum Gasteiger partial charge on any atom is -0.396 e. The maximum atomic E-state index is 13.7. The van der Waals surface area contributed by atoms with Crippen molar-refractivity contribution in [3.8, 4) is 11.4 Å². The maximum absolute atomic E-state index is 13.7. The molecule has 6 heteroatoms. The zero-order chi connectivity index (χ0) is 12.6. The molecule has 0 aliphatic carbocycles. The molecule has 0 saturated heterocycles. The first-order valence-corrected chi connectivity index (χ1v) is 5.15. The van der Waals surface area contributed by atoms with Crippen molar-refractivity contribution in [1.82, 2.24) is 14.8 Å². The number of hydrogen-bond donors (Lipinski definition) is 1. The van der Waals surface area contributed by atoms with Crippen molar-refractivity contribution in [1.29, 1.82) is 0 Å². The summed E-state index contributed by atoms with van der Waals surface area (Å²) in [6.45, 7) is 3.83. The number of aromatic nitrogens is 3. The Bertz CT molecular complexity index is 548. The molecule has 1 heterocycles. The maximum Gasteiger partial charge on any atom is 0.167 e. The second kappa shape index (κ2) is 4.12. The Labute approximate surface area is 97.1 Å². The SMILES string of the molecule is CC(C)n1cnnc1-c1cc(N)c(F)cc1F. The number of benzene rings is 1. The van der Waals surface area contributed by atoms with Crippen molar-refractivity contribution < 1.29 is 8.78 Å². The molecular weight excluding hydrogens is 226 g/mol. The summed E-state index contributed by atoms with van der Waals surface area (Å²) in [6, 6.07) is 2.06. The number of rotatable bonds is 2. The van der Waals surface area contributed by atoms with Gasteiger partial charge in [-0.1, -0.05) is 0 Å². The van der Waals surface area contributed by atoms with E-state index in [1.54, 1.807) is 4.57 Å². The molecule has 0 radical (unpaired) electrons. The molecule has 0 amide bonds. The highest BCUT2D eigenvalue weighted by Gasteiger charge is 2.16. The van der Waals surface area contributed by atoms with Gasteiger partial charge in [0.15, 0.2) is 5.82 Å². The van der Waals surface area contributed by atoms with Gasteiger partial charge < -0.3 is 10.3 Å². The zero-order valence-corrected chi connectivity index (χ0v) is 9.48. The Balaban J connectivity index is 2.60. The molecule has 0 unspecified atom stereocenters. The first-order valence-electron chi connectivity index (χ1n) is 5.15. The van der Waals surface area contributed by atoms with E-state index in [9.17, 15) is 8.78 Å². The molecule has 2 rings (SSSR count). The van der Waals surface area contributed by atoms with Gasteiger partial charge in [0.2, 0.25) is 0 Å². The molecular formula is C11H12F2N4. The van der Waals surface area contributed by atoms with E-state index in [2.05, 4.69) is 10.2 Å². The van der Waals surface area contributed by atoms with Crippen molar-refractivity contribution in [2.45, 2.75) is 19.9 Å². The molecule has 0 bridgehead atoms. The standard InChI is InChI=1S/C11H12F2N4/c1-6(2)17-5-15-16-11(17)7-3-10(14)9(13)4-8(7)12/h3-6H,14H2,1-2H3. The molecule has 4 nitrogen and oxygen atoms in total. The van der Waals surface area contributed by atoms with Gasteiger partial charge in [0, 0.05) is 12.1 Å². The minimum atomic E-state index is -0.776. The molecule has 17 heavy (non-hydrogen) atoms. The Kier molecular flexibility index (Phi) is 2.79. The molecule has 0 aliphatic heterocycles. The third kappa shape index (κ3) is 1.98. The van der Waals surface area contributed by atoms with E-state index in [4.69, 9.17) is 5.73 Å². The number of nitrogens with two attached hydrogens (primary N) is 1. The average molecular weight is 238 g/mol. The average Bonchev–Trinajstić information content (AvgIpc) is 2.72. The highest BCUT2D eigenvalue weighted by atomic mass is 19.1. The van der Waals surface area contributed by atoms with Gasteiger partial charge in [0.05, 0.1) is 11.3 Å². The Morgan fingerprint density at radius 3 is 2.59 bits per heavy atom. The summed E-state index contributed by atoms with van der Waals surface area (Å²) in [6.07, 6.45) is 1.50. The largest absolute Gasteiger partial charge is 0.396 e. The van der Waals surface area contributed by atoms with E-state index in [0.29, 0.717) is 5.82 Å². The van der Waals surface area contributed by atoms with Gasteiger partial charge in [-0.2, -0.15) is 0 Å². The van der Waals surface area contributed by atoms with Crippen LogP contribution in [0.25, 0.3) is 11.4 Å². The van der Waals surface area contributed by atoms with Crippen molar-refractivity contribution in [3.63, 3.8) is 0 Å². The third-order valence-corrected chi connectivity index (χ3v) is 2.46. The number of nitrogen functional groups attached to an aromatic ring is 1. The van der Waals surface area contributed by atoms with Gasteiger partial charge in [-0.3, -0.25) is 0 Å². The molecule has 0 atom stereocenters. The summed E-state index contributed by atoms with van der Waals surface area (Å²) in [4.78, 5) is 0. The van der Waals surface area contributed by atoms with Crippen LogP contribution in [0, 0.1) is 11.6 Å². The van der Waals surface area contributed by atoms with E-state index in [1.165, 1.54) is 12.4 Å². The highest BCUT2D eigenvalue weighted by Crippen LogP contribution is 2.26. The first kappa shape index (κ1) is 11.5. The first-order chi connectivity index (χ1) is 8.00. The topological polar surface area (TPSA) is 56.7 Å². The van der Waals surface area contributed by atoms with Crippen molar-refractivity contribution in [2.24, 2.45) is 0 Å². The smallest absolute Gasteiger partial charge is 0.167 e. The normalized spacial score (nSPS) is 11.1. The Morgan fingerprint density at radius 1 is 1.24 bits per heavy atom. The van der Waals surface area contributed by atoms with E-state index < -0.39 is 11.6 Å². The lowest BCUT2D eigenvalue weighted by molar-refractivity contribution is 0.579. The van der Waals surface area contributed by atoms with Crippen LogP contribution in [0.5, 0.6) is 0 Å². The van der Waals surface area contributed by atoms with Crippen LogP contribution >= 0.6 is 0 Å². The molecule has 2 aromatic rings. The van der Waals surface area contributed by atoms with Crippen LogP contribution in [0.4, 0.5) is 14.5 Å². The zero-order valence-electron chi connectivity index (χ0n) is 9.48. The van der Waals surface area contributed by atoms with E-state index in [-0.39, 0.29) is 17.3 Å².